The molecule has 3 aliphatic heterocycles. The van der Waals surface area contributed by atoms with E-state index in [2.05, 4.69) is 31.4 Å². The van der Waals surface area contributed by atoms with Gasteiger partial charge in [-0.2, -0.15) is 10.2 Å². The third-order valence-electron chi connectivity index (χ3n) is 6.75. The number of amides is 3. The highest BCUT2D eigenvalue weighted by molar-refractivity contribution is 9.10. The number of benzene rings is 3. The fourth-order valence-electron chi connectivity index (χ4n) is 4.93. The fourth-order valence-corrected chi connectivity index (χ4v) is 5.19. The number of rotatable bonds is 5. The van der Waals surface area contributed by atoms with Crippen LogP contribution in [0.1, 0.15) is 23.6 Å². The molecule has 0 aromatic heterocycles. The molecule has 9 nitrogen and oxygen atoms in total. The number of imide groups is 1. The molecule has 0 spiro atoms. The monoisotopic (exact) mass is 574 g/mol. The average molecular weight is 575 g/mol. The Labute approximate surface area is 225 Å². The van der Waals surface area contributed by atoms with E-state index in [0.29, 0.717) is 6.42 Å². The Morgan fingerprint density at radius 3 is 2.47 bits per heavy atom. The van der Waals surface area contributed by atoms with Crippen molar-refractivity contribution in [3.63, 3.8) is 0 Å². The molecule has 3 aliphatic rings. The van der Waals surface area contributed by atoms with Crippen LogP contribution >= 0.6 is 15.9 Å². The Morgan fingerprint density at radius 2 is 1.74 bits per heavy atom. The van der Waals surface area contributed by atoms with Gasteiger partial charge in [-0.15, -0.1) is 0 Å². The maximum Gasteiger partial charge on any atom is 0.264 e. The predicted molar refractivity (Wildman–Crippen MR) is 139 cm³/mol. The molecule has 0 bridgehead atoms. The van der Waals surface area contributed by atoms with Crippen molar-refractivity contribution in [3.8, 4) is 0 Å². The molecule has 1 fully saturated rings. The zero-order valence-electron chi connectivity index (χ0n) is 19.8. The molecular weight excluding hydrogens is 555 g/mol. The summed E-state index contributed by atoms with van der Waals surface area (Å²) in [6.45, 7) is -0.304. The van der Waals surface area contributed by atoms with E-state index in [1.54, 1.807) is 0 Å². The van der Waals surface area contributed by atoms with Gasteiger partial charge in [-0.25, -0.2) is 14.3 Å². The van der Waals surface area contributed by atoms with E-state index in [1.807, 2.05) is 54.6 Å². The summed E-state index contributed by atoms with van der Waals surface area (Å²) in [5.74, 6) is -2.18. The van der Waals surface area contributed by atoms with Gasteiger partial charge in [-0.05, 0) is 41.5 Å². The van der Waals surface area contributed by atoms with Crippen LogP contribution in [-0.4, -0.2) is 52.1 Å². The largest absolute Gasteiger partial charge is 0.271 e. The van der Waals surface area contributed by atoms with E-state index >= 15 is 0 Å². The van der Waals surface area contributed by atoms with Gasteiger partial charge in [0.1, 0.15) is 12.4 Å². The van der Waals surface area contributed by atoms with E-state index in [1.165, 1.54) is 28.2 Å². The number of hydrogen-bond donors (Lipinski definition) is 0. The second-order valence-corrected chi connectivity index (χ2v) is 10.0. The number of fused-ring (bicyclic) bond motifs is 1. The van der Waals surface area contributed by atoms with Crippen molar-refractivity contribution < 1.29 is 18.8 Å². The average Bonchev–Trinajstić information content (AvgIpc) is 3.60. The van der Waals surface area contributed by atoms with Crippen LogP contribution in [0.2, 0.25) is 0 Å². The molecule has 0 saturated carbocycles. The van der Waals surface area contributed by atoms with Crippen molar-refractivity contribution >= 4 is 45.1 Å². The number of nitrogens with zero attached hydrogens (tertiary/aromatic N) is 6. The second-order valence-electron chi connectivity index (χ2n) is 9.11. The molecule has 3 atom stereocenters. The highest BCUT2D eigenvalue weighted by atomic mass is 79.9. The molecule has 3 heterocycles. The lowest BCUT2D eigenvalue weighted by atomic mass is 9.98. The minimum atomic E-state index is -1.09. The van der Waals surface area contributed by atoms with Crippen molar-refractivity contribution in [1.29, 1.82) is 0 Å². The Morgan fingerprint density at radius 1 is 0.974 bits per heavy atom. The summed E-state index contributed by atoms with van der Waals surface area (Å²) in [6.07, 6.45) is 0.510. The summed E-state index contributed by atoms with van der Waals surface area (Å²) in [6, 6.07) is 20.0. The van der Waals surface area contributed by atoms with E-state index < -0.39 is 35.6 Å². The van der Waals surface area contributed by atoms with Crippen molar-refractivity contribution in [3.05, 3.63) is 100 Å². The minimum absolute atomic E-state index is 0.114. The Bertz CT molecular complexity index is 1500. The molecule has 0 aliphatic carbocycles. The number of carbonyl (C=O) groups excluding carboxylic acids is 3. The molecule has 1 saturated heterocycles. The molecule has 0 N–H and O–H groups in total. The first-order valence-corrected chi connectivity index (χ1v) is 12.7. The normalized spacial score (nSPS) is 22.3. The first-order chi connectivity index (χ1) is 18.4. The summed E-state index contributed by atoms with van der Waals surface area (Å²) in [5.41, 5.74) is 2.68. The summed E-state index contributed by atoms with van der Waals surface area (Å²) < 4.78 is 14.7. The van der Waals surface area contributed by atoms with Crippen LogP contribution in [-0.2, 0) is 14.4 Å². The summed E-state index contributed by atoms with van der Waals surface area (Å²) in [4.78, 5) is 40.7. The number of halogens is 2. The Kier molecular flexibility index (Phi) is 6.07. The second kappa shape index (κ2) is 9.56. The van der Waals surface area contributed by atoms with Crippen LogP contribution < -0.4 is 4.90 Å². The van der Waals surface area contributed by atoms with Crippen LogP contribution in [0.5, 0.6) is 0 Å². The van der Waals surface area contributed by atoms with Gasteiger partial charge in [-0.1, -0.05) is 69.7 Å². The highest BCUT2D eigenvalue weighted by Crippen LogP contribution is 2.35. The van der Waals surface area contributed by atoms with E-state index in [9.17, 15) is 18.8 Å². The van der Waals surface area contributed by atoms with Crippen LogP contribution in [0.15, 0.2) is 98.8 Å². The first-order valence-electron chi connectivity index (χ1n) is 11.9. The van der Waals surface area contributed by atoms with Crippen molar-refractivity contribution in [1.82, 2.24) is 10.0 Å². The fraction of sp³-hybridized carbons (Fsp3) is 0.185. The lowest BCUT2D eigenvalue weighted by molar-refractivity contribution is -0.135. The highest BCUT2D eigenvalue weighted by Gasteiger charge is 2.55. The number of anilines is 1. The summed E-state index contributed by atoms with van der Waals surface area (Å²) in [5, 5.41) is 15.3. The van der Waals surface area contributed by atoms with Gasteiger partial charge >= 0.3 is 0 Å². The molecule has 3 amide bonds. The van der Waals surface area contributed by atoms with Crippen molar-refractivity contribution in [2.24, 2.45) is 15.4 Å². The molecule has 38 heavy (non-hydrogen) atoms. The lowest BCUT2D eigenvalue weighted by Crippen LogP contribution is -2.44. The lowest BCUT2D eigenvalue weighted by Gasteiger charge is -2.25. The van der Waals surface area contributed by atoms with Crippen molar-refractivity contribution in [2.75, 3.05) is 11.4 Å². The zero-order valence-corrected chi connectivity index (χ0v) is 21.4. The third-order valence-corrected chi connectivity index (χ3v) is 7.28. The first kappa shape index (κ1) is 24.1. The maximum atomic E-state index is 13.8. The van der Waals surface area contributed by atoms with Gasteiger partial charge < -0.3 is 0 Å². The quantitative estimate of drug-likeness (QED) is 0.425. The smallest absolute Gasteiger partial charge is 0.264 e. The van der Waals surface area contributed by atoms with Gasteiger partial charge in [0.05, 0.1) is 17.4 Å². The predicted octanol–water partition coefficient (Wildman–Crippen LogP) is 4.26. The molecule has 3 aromatic rings. The zero-order chi connectivity index (χ0) is 26.4. The minimum Gasteiger partial charge on any atom is -0.271 e. The topological polar surface area (TPSA) is 98.0 Å². The SMILES string of the molecule is O=C1[C@H]2N=NN(CC(=O)N3N=C(c4ccc(Br)cc4)C[C@H]3c3ccccc3)[C@@H]2C(=O)N1c1cccc(F)c1. The molecule has 6 rings (SSSR count). The molecule has 11 heteroatoms. The maximum absolute atomic E-state index is 13.8. The molecule has 190 valence electrons. The van der Waals surface area contributed by atoms with Crippen LogP contribution in [0, 0.1) is 5.82 Å². The van der Waals surface area contributed by atoms with Crippen molar-refractivity contribution in [2.45, 2.75) is 24.5 Å². The van der Waals surface area contributed by atoms with E-state index in [4.69, 9.17) is 0 Å². The standard InChI is InChI=1S/C27H20BrFN6O3/c28-18-11-9-16(10-12-18)21-14-22(17-5-2-1-3-6-17)35(31-21)23(36)15-33-25-24(30-32-33)26(37)34(27(25)38)20-8-4-7-19(29)13-20/h1-13,22,24-25H,14-15H2/t22-,24-,25-/m0/s1. The van der Waals surface area contributed by atoms with Gasteiger partial charge in [0.2, 0.25) is 0 Å². The third kappa shape index (κ3) is 4.18. The van der Waals surface area contributed by atoms with Gasteiger partial charge in [0, 0.05) is 10.9 Å². The van der Waals surface area contributed by atoms with E-state index in [0.717, 1.165) is 32.3 Å². The van der Waals surface area contributed by atoms with Crippen LogP contribution in [0.3, 0.4) is 0 Å². The van der Waals surface area contributed by atoms with Gasteiger partial charge in [0.15, 0.2) is 12.1 Å². The number of hydrazone groups is 1. The van der Waals surface area contributed by atoms with Crippen LogP contribution in [0.4, 0.5) is 10.1 Å². The van der Waals surface area contributed by atoms with E-state index in [-0.39, 0.29) is 18.3 Å². The Balaban J connectivity index is 1.26. The molecule has 0 unspecified atom stereocenters. The number of hydrogen-bond acceptors (Lipinski definition) is 7. The van der Waals surface area contributed by atoms with Gasteiger partial charge in [0.25, 0.3) is 17.7 Å². The Hall–Kier alpha value is -4.25. The summed E-state index contributed by atoms with van der Waals surface area (Å²) >= 11 is 3.44. The molecule has 0 radical (unpaired) electrons. The van der Waals surface area contributed by atoms with Gasteiger partial charge in [-0.3, -0.25) is 19.4 Å². The van der Waals surface area contributed by atoms with Crippen LogP contribution in [0.25, 0.3) is 0 Å². The summed E-state index contributed by atoms with van der Waals surface area (Å²) in [7, 11) is 0. The molecular formula is C27H20BrFN6O3. The molecule has 3 aromatic carbocycles. The number of carbonyl (C=O) groups is 3.